The summed E-state index contributed by atoms with van der Waals surface area (Å²) in [4.78, 5) is 12.4. The number of hydrogen-bond donors (Lipinski definition) is 0. The molecule has 0 aliphatic rings. The summed E-state index contributed by atoms with van der Waals surface area (Å²) in [5, 5.41) is 3.95. The molecule has 2 heterocycles. The maximum Gasteiger partial charge on any atom is 0.278 e. The summed E-state index contributed by atoms with van der Waals surface area (Å²) in [7, 11) is 3.16. The molecule has 0 unspecified atom stereocenters. The van der Waals surface area contributed by atoms with Crippen molar-refractivity contribution >= 4 is 0 Å². The van der Waals surface area contributed by atoms with Crippen molar-refractivity contribution in [2.45, 2.75) is 0 Å². The minimum absolute atomic E-state index is 0.302. The highest BCUT2D eigenvalue weighted by molar-refractivity contribution is 5.66. The topological polar surface area (TPSA) is 83.2 Å². The van der Waals surface area contributed by atoms with Gasteiger partial charge in [0, 0.05) is 18.5 Å². The molecule has 2 aromatic heterocycles. The molecule has 21 heavy (non-hydrogen) atoms. The number of hydrogen-bond acceptors (Lipinski definition) is 7. The van der Waals surface area contributed by atoms with Gasteiger partial charge in [-0.05, 0) is 12.1 Å². The van der Waals surface area contributed by atoms with Gasteiger partial charge in [-0.15, -0.1) is 0 Å². The van der Waals surface area contributed by atoms with Crippen LogP contribution in [0.15, 0.2) is 41.3 Å². The molecule has 0 atom stereocenters. The van der Waals surface area contributed by atoms with Gasteiger partial charge in [-0.2, -0.15) is 4.98 Å². The third kappa shape index (κ3) is 2.53. The average Bonchev–Trinajstić information content (AvgIpc) is 3.04. The number of nitrogens with zero attached hydrogens (tertiary/aromatic N) is 4. The van der Waals surface area contributed by atoms with Crippen molar-refractivity contribution in [2.24, 2.45) is 0 Å². The molecule has 0 bridgehead atoms. The highest BCUT2D eigenvalue weighted by atomic mass is 16.5. The molecule has 3 rings (SSSR count). The molecule has 0 saturated carbocycles. The minimum atomic E-state index is 0.302. The van der Waals surface area contributed by atoms with E-state index in [0.29, 0.717) is 34.5 Å². The van der Waals surface area contributed by atoms with Gasteiger partial charge in [0.2, 0.25) is 5.82 Å². The molecule has 0 aliphatic heterocycles. The number of ether oxygens (including phenoxy) is 2. The van der Waals surface area contributed by atoms with Crippen LogP contribution in [0.25, 0.3) is 23.0 Å². The van der Waals surface area contributed by atoms with E-state index in [1.165, 1.54) is 0 Å². The fourth-order valence-corrected chi connectivity index (χ4v) is 1.83. The van der Waals surface area contributed by atoms with Crippen LogP contribution >= 0.6 is 0 Å². The van der Waals surface area contributed by atoms with Crippen molar-refractivity contribution in [3.63, 3.8) is 0 Å². The Balaban J connectivity index is 2.00. The highest BCUT2D eigenvalue weighted by Gasteiger charge is 2.15. The van der Waals surface area contributed by atoms with Crippen molar-refractivity contribution in [3.05, 3.63) is 36.8 Å². The predicted molar refractivity (Wildman–Crippen MR) is 73.9 cm³/mol. The molecule has 7 heteroatoms. The van der Waals surface area contributed by atoms with Crippen LogP contribution in [0.1, 0.15) is 0 Å². The van der Waals surface area contributed by atoms with Crippen molar-refractivity contribution in [1.82, 2.24) is 20.1 Å². The number of methoxy groups -OCH3 is 2. The Kier molecular flexibility index (Phi) is 3.46. The Bertz CT molecular complexity index is 743. The van der Waals surface area contributed by atoms with Crippen molar-refractivity contribution < 1.29 is 14.0 Å². The van der Waals surface area contributed by atoms with Gasteiger partial charge in [-0.3, -0.25) is 4.98 Å². The van der Waals surface area contributed by atoms with E-state index >= 15 is 0 Å². The van der Waals surface area contributed by atoms with Gasteiger partial charge in [-0.1, -0.05) is 5.16 Å². The second-order valence-electron chi connectivity index (χ2n) is 4.08. The lowest BCUT2D eigenvalue weighted by Gasteiger charge is -2.07. The first-order valence-corrected chi connectivity index (χ1v) is 6.14. The number of benzene rings is 1. The number of aromatic nitrogens is 4. The zero-order valence-electron chi connectivity index (χ0n) is 11.5. The molecular weight excluding hydrogens is 272 g/mol. The van der Waals surface area contributed by atoms with Crippen LogP contribution in [0.5, 0.6) is 11.5 Å². The average molecular weight is 284 g/mol. The molecule has 0 radical (unpaired) electrons. The normalized spacial score (nSPS) is 10.4. The van der Waals surface area contributed by atoms with E-state index in [1.807, 2.05) is 6.07 Å². The van der Waals surface area contributed by atoms with Crippen molar-refractivity contribution in [3.8, 4) is 34.5 Å². The van der Waals surface area contributed by atoms with E-state index < -0.39 is 0 Å². The third-order valence-corrected chi connectivity index (χ3v) is 2.86. The van der Waals surface area contributed by atoms with E-state index in [4.69, 9.17) is 14.0 Å². The summed E-state index contributed by atoms with van der Waals surface area (Å²) in [6.07, 6.45) is 4.70. The van der Waals surface area contributed by atoms with Gasteiger partial charge < -0.3 is 14.0 Å². The Morgan fingerprint density at radius 3 is 2.71 bits per heavy atom. The molecular formula is C14H12N4O3. The second kappa shape index (κ2) is 5.58. The minimum Gasteiger partial charge on any atom is -0.497 e. The van der Waals surface area contributed by atoms with E-state index in [1.54, 1.807) is 44.9 Å². The monoisotopic (exact) mass is 284 g/mol. The van der Waals surface area contributed by atoms with Gasteiger partial charge in [0.05, 0.1) is 26.0 Å². The molecule has 3 aromatic rings. The molecule has 7 nitrogen and oxygen atoms in total. The maximum atomic E-state index is 5.33. The SMILES string of the molecule is COc1ccc(-c2noc(-c3cnccn3)n2)c(OC)c1. The molecule has 0 spiro atoms. The van der Waals surface area contributed by atoms with Gasteiger partial charge in [0.15, 0.2) is 0 Å². The first-order chi connectivity index (χ1) is 10.3. The molecule has 106 valence electrons. The van der Waals surface area contributed by atoms with Gasteiger partial charge >= 0.3 is 0 Å². The molecule has 0 aliphatic carbocycles. The van der Waals surface area contributed by atoms with Crippen LogP contribution in [0, 0.1) is 0 Å². The smallest absolute Gasteiger partial charge is 0.278 e. The zero-order chi connectivity index (χ0) is 14.7. The largest absolute Gasteiger partial charge is 0.497 e. The summed E-state index contributed by atoms with van der Waals surface area (Å²) in [5.74, 6) is 2.00. The van der Waals surface area contributed by atoms with Crippen LogP contribution in [-0.4, -0.2) is 34.3 Å². The van der Waals surface area contributed by atoms with Crippen molar-refractivity contribution in [2.75, 3.05) is 14.2 Å². The summed E-state index contributed by atoms with van der Waals surface area (Å²) in [6, 6.07) is 5.37. The van der Waals surface area contributed by atoms with Crippen molar-refractivity contribution in [1.29, 1.82) is 0 Å². The van der Waals surface area contributed by atoms with E-state index in [-0.39, 0.29) is 0 Å². The van der Waals surface area contributed by atoms with Crippen LogP contribution in [0.3, 0.4) is 0 Å². The van der Waals surface area contributed by atoms with Crippen LogP contribution < -0.4 is 9.47 Å². The molecule has 1 aromatic carbocycles. The van der Waals surface area contributed by atoms with E-state index in [0.717, 1.165) is 0 Å². The maximum absolute atomic E-state index is 5.33. The van der Waals surface area contributed by atoms with Crippen LogP contribution in [0.4, 0.5) is 0 Å². The van der Waals surface area contributed by atoms with Crippen LogP contribution in [0.2, 0.25) is 0 Å². The molecule has 0 fully saturated rings. The Morgan fingerprint density at radius 2 is 2.00 bits per heavy atom. The molecule has 0 saturated heterocycles. The summed E-state index contributed by atoms with van der Waals surface area (Å²) < 4.78 is 15.7. The molecule has 0 N–H and O–H groups in total. The first-order valence-electron chi connectivity index (χ1n) is 6.14. The standard InChI is InChI=1S/C14H12N4O3/c1-19-9-3-4-10(12(7-9)20-2)13-17-14(21-18-13)11-8-15-5-6-16-11/h3-8H,1-2H3. The summed E-state index contributed by atoms with van der Waals surface area (Å²) >= 11 is 0. The summed E-state index contributed by atoms with van der Waals surface area (Å²) in [5.41, 5.74) is 1.22. The first kappa shape index (κ1) is 13.0. The predicted octanol–water partition coefficient (Wildman–Crippen LogP) is 2.21. The highest BCUT2D eigenvalue weighted by Crippen LogP contribution is 2.32. The fourth-order valence-electron chi connectivity index (χ4n) is 1.83. The lowest BCUT2D eigenvalue weighted by molar-refractivity contribution is 0.394. The van der Waals surface area contributed by atoms with E-state index in [9.17, 15) is 0 Å². The lowest BCUT2D eigenvalue weighted by Crippen LogP contribution is -1.91. The second-order valence-corrected chi connectivity index (χ2v) is 4.08. The van der Waals surface area contributed by atoms with Gasteiger partial charge in [-0.25, -0.2) is 4.98 Å². The quantitative estimate of drug-likeness (QED) is 0.726. The zero-order valence-corrected chi connectivity index (χ0v) is 11.5. The third-order valence-electron chi connectivity index (χ3n) is 2.86. The van der Waals surface area contributed by atoms with Crippen LogP contribution in [-0.2, 0) is 0 Å². The fraction of sp³-hybridized carbons (Fsp3) is 0.143. The molecule has 0 amide bonds. The summed E-state index contributed by atoms with van der Waals surface area (Å²) in [6.45, 7) is 0. The Morgan fingerprint density at radius 1 is 1.10 bits per heavy atom. The lowest BCUT2D eigenvalue weighted by atomic mass is 10.2. The van der Waals surface area contributed by atoms with Gasteiger partial charge in [0.25, 0.3) is 5.89 Å². The number of rotatable bonds is 4. The van der Waals surface area contributed by atoms with Gasteiger partial charge in [0.1, 0.15) is 17.2 Å². The Labute approximate surface area is 120 Å². The van der Waals surface area contributed by atoms with E-state index in [2.05, 4.69) is 20.1 Å². The Hall–Kier alpha value is -2.96.